The number of ether oxygens (including phenoxy) is 1. The Hall–Kier alpha value is -2.04. The summed E-state index contributed by atoms with van der Waals surface area (Å²) in [6.07, 6.45) is 0.133. The van der Waals surface area contributed by atoms with Crippen LogP contribution in [0.4, 0.5) is 10.5 Å². The van der Waals surface area contributed by atoms with Crippen LogP contribution in [0.5, 0.6) is 0 Å². The summed E-state index contributed by atoms with van der Waals surface area (Å²) in [6, 6.07) is 7.10. The van der Waals surface area contributed by atoms with Crippen LogP contribution in [0.15, 0.2) is 24.3 Å². The van der Waals surface area contributed by atoms with Crippen LogP contribution in [0.3, 0.4) is 0 Å². The first kappa shape index (κ1) is 20.0. The topological polar surface area (TPSA) is 67.4 Å². The molecular weight excluding hydrogens is 304 g/mol. The van der Waals surface area contributed by atoms with Crippen LogP contribution >= 0.6 is 0 Å². The first-order chi connectivity index (χ1) is 10.9. The predicted octanol–water partition coefficient (Wildman–Crippen LogP) is 4.23. The molecule has 0 saturated heterocycles. The minimum absolute atomic E-state index is 0.0721. The minimum Gasteiger partial charge on any atom is -0.460 e. The van der Waals surface area contributed by atoms with Crippen LogP contribution in [0.25, 0.3) is 0 Å². The highest BCUT2D eigenvalue weighted by molar-refractivity contribution is 5.89. The van der Waals surface area contributed by atoms with Crippen molar-refractivity contribution in [2.75, 3.05) is 5.32 Å². The van der Waals surface area contributed by atoms with E-state index in [4.69, 9.17) is 4.74 Å². The predicted molar refractivity (Wildman–Crippen MR) is 97.2 cm³/mol. The highest BCUT2D eigenvalue weighted by Crippen LogP contribution is 2.23. The third-order valence-electron chi connectivity index (χ3n) is 3.28. The van der Waals surface area contributed by atoms with E-state index in [0.29, 0.717) is 5.69 Å². The summed E-state index contributed by atoms with van der Waals surface area (Å²) in [7, 11) is 0. The molecule has 0 bridgehead atoms. The molecule has 2 N–H and O–H groups in total. The molecule has 5 heteroatoms. The zero-order chi connectivity index (χ0) is 18.5. The molecule has 24 heavy (non-hydrogen) atoms. The number of esters is 1. The molecule has 5 nitrogen and oxygen atoms in total. The molecule has 1 aromatic carbocycles. The molecule has 0 aromatic heterocycles. The van der Waals surface area contributed by atoms with Gasteiger partial charge >= 0.3 is 12.0 Å². The third kappa shape index (κ3) is 7.49. The van der Waals surface area contributed by atoms with Crippen molar-refractivity contribution in [3.63, 3.8) is 0 Å². The number of carbonyl (C=O) groups is 2. The molecule has 1 atom stereocenters. The smallest absolute Gasteiger partial charge is 0.319 e. The summed E-state index contributed by atoms with van der Waals surface area (Å²) >= 11 is 0. The van der Waals surface area contributed by atoms with Gasteiger partial charge in [0.1, 0.15) is 5.60 Å². The van der Waals surface area contributed by atoms with Gasteiger partial charge in [-0.3, -0.25) is 4.79 Å². The van der Waals surface area contributed by atoms with Crippen molar-refractivity contribution >= 4 is 17.7 Å². The first-order valence-corrected chi connectivity index (χ1v) is 8.27. The summed E-state index contributed by atoms with van der Waals surface area (Å²) in [5.74, 6) is -0.329. The molecule has 2 amide bonds. The lowest BCUT2D eigenvalue weighted by Crippen LogP contribution is -2.38. The molecule has 0 fully saturated rings. The fourth-order valence-electron chi connectivity index (χ4n) is 2.13. The number of benzene rings is 1. The summed E-state index contributed by atoms with van der Waals surface area (Å²) in [4.78, 5) is 23.7. The van der Waals surface area contributed by atoms with Crippen LogP contribution in [-0.2, 0) is 14.9 Å². The Bertz CT molecular complexity index is 566. The van der Waals surface area contributed by atoms with Gasteiger partial charge in [-0.05, 0) is 50.8 Å². The zero-order valence-electron chi connectivity index (χ0n) is 15.8. The lowest BCUT2D eigenvalue weighted by atomic mass is 9.87. The minimum atomic E-state index is -0.520. The van der Waals surface area contributed by atoms with Crippen LogP contribution in [0, 0.1) is 0 Å². The van der Waals surface area contributed by atoms with Gasteiger partial charge in [-0.1, -0.05) is 32.9 Å². The average Bonchev–Trinajstić information content (AvgIpc) is 2.34. The highest BCUT2D eigenvalue weighted by Gasteiger charge is 2.19. The Morgan fingerprint density at radius 3 is 2.04 bits per heavy atom. The molecule has 0 spiro atoms. The van der Waals surface area contributed by atoms with Gasteiger partial charge in [-0.15, -0.1) is 0 Å². The van der Waals surface area contributed by atoms with Gasteiger partial charge in [0.2, 0.25) is 0 Å². The van der Waals surface area contributed by atoms with Gasteiger partial charge in [0.15, 0.2) is 0 Å². The average molecular weight is 334 g/mol. The SMILES string of the molecule is C[C@@H](CC(=O)OC(C)(C)C)NC(=O)Nc1ccc(C(C)(C)C)cc1. The molecule has 0 aliphatic carbocycles. The summed E-state index contributed by atoms with van der Waals surface area (Å²) in [6.45, 7) is 13.6. The number of urea groups is 1. The number of hydrogen-bond donors (Lipinski definition) is 2. The molecule has 0 aliphatic rings. The maximum Gasteiger partial charge on any atom is 0.319 e. The van der Waals surface area contributed by atoms with Crippen molar-refractivity contribution in [1.29, 1.82) is 0 Å². The van der Waals surface area contributed by atoms with E-state index in [2.05, 4.69) is 31.4 Å². The number of amides is 2. The summed E-state index contributed by atoms with van der Waals surface area (Å²) in [5.41, 5.74) is 1.47. The standard InChI is InChI=1S/C19H30N2O3/c1-13(12-16(22)24-19(5,6)7)20-17(23)21-15-10-8-14(9-11-15)18(2,3)4/h8-11,13H,12H2,1-7H3,(H2,20,21,23)/t13-/m0/s1. The second-order valence-electron chi connectivity index (χ2n) is 8.12. The van der Waals surface area contributed by atoms with Gasteiger partial charge in [0.05, 0.1) is 6.42 Å². The van der Waals surface area contributed by atoms with Crippen LogP contribution in [0.1, 0.15) is 60.5 Å². The Kier molecular flexibility index (Phi) is 6.41. The number of carbonyl (C=O) groups excluding carboxylic acids is 2. The maximum atomic E-state index is 12.0. The van der Waals surface area contributed by atoms with E-state index in [0.717, 1.165) is 0 Å². The molecule has 134 valence electrons. The van der Waals surface area contributed by atoms with E-state index >= 15 is 0 Å². The monoisotopic (exact) mass is 334 g/mol. The summed E-state index contributed by atoms with van der Waals surface area (Å²) in [5, 5.41) is 5.51. The Balaban J connectivity index is 2.49. The molecule has 0 unspecified atom stereocenters. The van der Waals surface area contributed by atoms with E-state index in [1.165, 1.54) is 5.56 Å². The van der Waals surface area contributed by atoms with Crippen LogP contribution in [0.2, 0.25) is 0 Å². The molecule has 0 saturated carbocycles. The van der Waals surface area contributed by atoms with Crippen molar-refractivity contribution in [1.82, 2.24) is 5.32 Å². The second-order valence-corrected chi connectivity index (χ2v) is 8.12. The van der Waals surface area contributed by atoms with Gasteiger partial charge < -0.3 is 15.4 Å². The Morgan fingerprint density at radius 1 is 1.04 bits per heavy atom. The number of hydrogen-bond acceptors (Lipinski definition) is 3. The van der Waals surface area contributed by atoms with E-state index in [-0.39, 0.29) is 29.9 Å². The number of rotatable bonds is 4. The Morgan fingerprint density at radius 2 is 1.58 bits per heavy atom. The third-order valence-corrected chi connectivity index (χ3v) is 3.28. The molecule has 1 rings (SSSR count). The lowest BCUT2D eigenvalue weighted by Gasteiger charge is -2.21. The summed E-state index contributed by atoms with van der Waals surface area (Å²) < 4.78 is 5.24. The number of nitrogens with one attached hydrogen (secondary N) is 2. The van der Waals surface area contributed by atoms with Gasteiger partial charge in [-0.25, -0.2) is 4.79 Å². The Labute approximate surface area is 145 Å². The van der Waals surface area contributed by atoms with E-state index < -0.39 is 5.60 Å². The van der Waals surface area contributed by atoms with Crippen molar-refractivity contribution in [3.8, 4) is 0 Å². The van der Waals surface area contributed by atoms with Gasteiger partial charge in [0.25, 0.3) is 0 Å². The lowest BCUT2D eigenvalue weighted by molar-refractivity contribution is -0.155. The molecule has 0 heterocycles. The normalized spacial score (nSPS) is 13.1. The largest absolute Gasteiger partial charge is 0.460 e. The quantitative estimate of drug-likeness (QED) is 0.810. The fourth-order valence-corrected chi connectivity index (χ4v) is 2.13. The molecule has 0 aliphatic heterocycles. The van der Waals surface area contributed by atoms with Crippen molar-refractivity contribution < 1.29 is 14.3 Å². The van der Waals surface area contributed by atoms with Crippen molar-refractivity contribution in [2.24, 2.45) is 0 Å². The van der Waals surface area contributed by atoms with Gasteiger partial charge in [0, 0.05) is 11.7 Å². The second kappa shape index (κ2) is 7.69. The molecule has 0 radical (unpaired) electrons. The maximum absolute atomic E-state index is 12.0. The van der Waals surface area contributed by atoms with Crippen LogP contribution in [-0.4, -0.2) is 23.6 Å². The van der Waals surface area contributed by atoms with Crippen molar-refractivity contribution in [3.05, 3.63) is 29.8 Å². The van der Waals surface area contributed by atoms with E-state index in [1.54, 1.807) is 6.92 Å². The zero-order valence-corrected chi connectivity index (χ0v) is 15.8. The highest BCUT2D eigenvalue weighted by atomic mass is 16.6. The fraction of sp³-hybridized carbons (Fsp3) is 0.579. The molecule has 1 aromatic rings. The van der Waals surface area contributed by atoms with E-state index in [9.17, 15) is 9.59 Å². The van der Waals surface area contributed by atoms with Crippen molar-refractivity contribution in [2.45, 2.75) is 71.9 Å². The molecular formula is C19H30N2O3. The first-order valence-electron chi connectivity index (χ1n) is 8.27. The van der Waals surface area contributed by atoms with Crippen LogP contribution < -0.4 is 10.6 Å². The van der Waals surface area contributed by atoms with E-state index in [1.807, 2.05) is 45.0 Å². The number of anilines is 1. The van der Waals surface area contributed by atoms with Gasteiger partial charge in [-0.2, -0.15) is 0 Å².